The summed E-state index contributed by atoms with van der Waals surface area (Å²) in [6.45, 7) is 14.5. The van der Waals surface area contributed by atoms with E-state index in [-0.39, 0.29) is 11.3 Å². The summed E-state index contributed by atoms with van der Waals surface area (Å²) in [6, 6.07) is 9.37. The number of carbonyl (C=O) groups excluding carboxylic acids is 1. The summed E-state index contributed by atoms with van der Waals surface area (Å²) in [7, 11) is 2.06. The Hall–Kier alpha value is -3.08. The SMILES string of the molecule is C=CC(=O)N1CC2(CCN(c3cc4c(c(-c5c(C)ccc6cnn(C)c56)c3)CCC(C)(C)C4)C2)C1. The second-order valence-corrected chi connectivity index (χ2v) is 12.0. The van der Waals surface area contributed by atoms with E-state index in [0.29, 0.717) is 5.41 Å². The normalized spacial score (nSPS) is 20.2. The zero-order valence-corrected chi connectivity index (χ0v) is 21.5. The van der Waals surface area contributed by atoms with E-state index >= 15 is 0 Å². The molecule has 0 unspecified atom stereocenters. The molecule has 0 radical (unpaired) electrons. The predicted molar refractivity (Wildman–Crippen MR) is 143 cm³/mol. The Morgan fingerprint density at radius 1 is 1.14 bits per heavy atom. The van der Waals surface area contributed by atoms with Crippen molar-refractivity contribution in [3.8, 4) is 11.1 Å². The van der Waals surface area contributed by atoms with Gasteiger partial charge in [-0.3, -0.25) is 9.48 Å². The molecule has 1 aliphatic carbocycles. The maximum Gasteiger partial charge on any atom is 0.245 e. The number of likely N-dealkylation sites (tertiary alicyclic amines) is 1. The molecular formula is C30H36N4O. The Morgan fingerprint density at radius 3 is 2.71 bits per heavy atom. The molecule has 1 amide bonds. The number of amides is 1. The van der Waals surface area contributed by atoms with Crippen LogP contribution in [-0.4, -0.2) is 46.8 Å². The fraction of sp³-hybridized carbons (Fsp3) is 0.467. The van der Waals surface area contributed by atoms with Gasteiger partial charge in [-0.05, 0) is 78.5 Å². The molecule has 3 aromatic rings. The van der Waals surface area contributed by atoms with Crippen molar-refractivity contribution in [2.24, 2.45) is 17.9 Å². The van der Waals surface area contributed by atoms with Crippen molar-refractivity contribution < 1.29 is 4.79 Å². The lowest BCUT2D eigenvalue weighted by molar-refractivity contribution is -0.136. The minimum Gasteiger partial charge on any atom is -0.371 e. The van der Waals surface area contributed by atoms with Crippen molar-refractivity contribution in [1.29, 1.82) is 0 Å². The van der Waals surface area contributed by atoms with Crippen molar-refractivity contribution in [2.45, 2.75) is 46.5 Å². The molecule has 0 saturated carbocycles. The molecule has 2 saturated heterocycles. The lowest BCUT2D eigenvalue weighted by Gasteiger charge is -2.47. The number of hydrogen-bond donors (Lipinski definition) is 0. The molecule has 6 rings (SSSR count). The van der Waals surface area contributed by atoms with E-state index in [0.717, 1.165) is 45.4 Å². The van der Waals surface area contributed by atoms with Gasteiger partial charge in [0.25, 0.3) is 0 Å². The van der Waals surface area contributed by atoms with Gasteiger partial charge in [-0.15, -0.1) is 0 Å². The average Bonchev–Trinajstić information content (AvgIpc) is 3.41. The zero-order chi connectivity index (χ0) is 24.5. The molecule has 2 fully saturated rings. The molecule has 0 atom stereocenters. The molecule has 2 aliphatic heterocycles. The standard InChI is InChI=1S/C30H36N4O/c1-6-26(35)34-18-30(19-34)11-12-33(17-30)23-13-22-15-29(3,4)10-9-24(22)25(14-23)27-20(2)7-8-21-16-31-32(5)28(21)27/h6-8,13-14,16H,1,9-12,15,17-19H2,2-5H3. The predicted octanol–water partition coefficient (Wildman–Crippen LogP) is 5.29. The van der Waals surface area contributed by atoms with Crippen molar-refractivity contribution in [3.05, 3.63) is 59.8 Å². The third-order valence-corrected chi connectivity index (χ3v) is 8.77. The van der Waals surface area contributed by atoms with Crippen LogP contribution in [0.1, 0.15) is 43.4 Å². The summed E-state index contributed by atoms with van der Waals surface area (Å²) in [4.78, 5) is 16.5. The monoisotopic (exact) mass is 468 g/mol. The highest BCUT2D eigenvalue weighted by Gasteiger charge is 2.49. The lowest BCUT2D eigenvalue weighted by Crippen LogP contribution is -2.59. The van der Waals surface area contributed by atoms with Crippen LogP contribution in [0.2, 0.25) is 0 Å². The molecule has 0 bridgehead atoms. The Bertz CT molecular complexity index is 1360. The summed E-state index contributed by atoms with van der Waals surface area (Å²) >= 11 is 0. The number of fused-ring (bicyclic) bond motifs is 2. The van der Waals surface area contributed by atoms with Gasteiger partial charge in [0.2, 0.25) is 5.91 Å². The number of rotatable bonds is 3. The van der Waals surface area contributed by atoms with Gasteiger partial charge < -0.3 is 9.80 Å². The molecular weight excluding hydrogens is 432 g/mol. The van der Waals surface area contributed by atoms with Crippen molar-refractivity contribution in [1.82, 2.24) is 14.7 Å². The van der Waals surface area contributed by atoms with Gasteiger partial charge in [-0.25, -0.2) is 0 Å². The zero-order valence-electron chi connectivity index (χ0n) is 21.5. The minimum absolute atomic E-state index is 0.0621. The molecule has 2 aromatic carbocycles. The summed E-state index contributed by atoms with van der Waals surface area (Å²) in [5.41, 5.74) is 10.2. The maximum absolute atomic E-state index is 12.0. The van der Waals surface area contributed by atoms with E-state index in [4.69, 9.17) is 0 Å². The maximum atomic E-state index is 12.0. The summed E-state index contributed by atoms with van der Waals surface area (Å²) < 4.78 is 2.04. The Labute approximate surface area is 208 Å². The third-order valence-electron chi connectivity index (χ3n) is 8.77. The van der Waals surface area contributed by atoms with E-state index in [9.17, 15) is 4.79 Å². The molecule has 5 nitrogen and oxygen atoms in total. The van der Waals surface area contributed by atoms with Crippen molar-refractivity contribution in [3.63, 3.8) is 0 Å². The largest absolute Gasteiger partial charge is 0.371 e. The van der Waals surface area contributed by atoms with Crippen LogP contribution in [0.4, 0.5) is 5.69 Å². The van der Waals surface area contributed by atoms with Gasteiger partial charge in [-0.2, -0.15) is 5.10 Å². The molecule has 0 N–H and O–H groups in total. The van der Waals surface area contributed by atoms with Crippen molar-refractivity contribution >= 4 is 22.5 Å². The Morgan fingerprint density at radius 2 is 1.94 bits per heavy atom. The molecule has 182 valence electrons. The number of aryl methyl sites for hydroxylation is 2. The number of anilines is 1. The van der Waals surface area contributed by atoms with Crippen LogP contribution in [0.3, 0.4) is 0 Å². The third kappa shape index (κ3) is 3.59. The van der Waals surface area contributed by atoms with Crippen LogP contribution in [0.5, 0.6) is 0 Å². The topological polar surface area (TPSA) is 41.4 Å². The van der Waals surface area contributed by atoms with Gasteiger partial charge in [0.1, 0.15) is 0 Å². The van der Waals surface area contributed by atoms with Crippen LogP contribution >= 0.6 is 0 Å². The van der Waals surface area contributed by atoms with Crippen LogP contribution in [0.15, 0.2) is 43.1 Å². The lowest BCUT2D eigenvalue weighted by atomic mass is 9.72. The van der Waals surface area contributed by atoms with Crippen LogP contribution in [0, 0.1) is 17.8 Å². The van der Waals surface area contributed by atoms with Crippen molar-refractivity contribution in [2.75, 3.05) is 31.1 Å². The summed E-state index contributed by atoms with van der Waals surface area (Å²) in [5.74, 6) is 0.0621. The number of carbonyl (C=O) groups is 1. The first-order chi connectivity index (χ1) is 16.7. The fourth-order valence-electron chi connectivity index (χ4n) is 6.81. The first kappa shape index (κ1) is 22.4. The van der Waals surface area contributed by atoms with Crippen LogP contribution in [-0.2, 0) is 24.7 Å². The van der Waals surface area contributed by atoms with Gasteiger partial charge in [0.05, 0.1) is 11.7 Å². The highest BCUT2D eigenvalue weighted by molar-refractivity contribution is 5.97. The highest BCUT2D eigenvalue weighted by Crippen LogP contribution is 2.46. The smallest absolute Gasteiger partial charge is 0.245 e. The molecule has 5 heteroatoms. The second-order valence-electron chi connectivity index (χ2n) is 12.0. The van der Waals surface area contributed by atoms with E-state index in [1.165, 1.54) is 56.9 Å². The second kappa shape index (κ2) is 7.71. The van der Waals surface area contributed by atoms with Crippen LogP contribution < -0.4 is 4.90 Å². The highest BCUT2D eigenvalue weighted by atomic mass is 16.2. The Balaban J connectivity index is 1.44. The van der Waals surface area contributed by atoms with E-state index in [2.05, 4.69) is 68.7 Å². The molecule has 35 heavy (non-hydrogen) atoms. The van der Waals surface area contributed by atoms with E-state index in [1.807, 2.05) is 15.8 Å². The van der Waals surface area contributed by atoms with Crippen LogP contribution in [0.25, 0.3) is 22.0 Å². The van der Waals surface area contributed by atoms with E-state index < -0.39 is 0 Å². The number of aromatic nitrogens is 2. The fourth-order valence-corrected chi connectivity index (χ4v) is 6.81. The quantitative estimate of drug-likeness (QED) is 0.491. The Kier molecular flexibility index (Phi) is 4.93. The molecule has 3 heterocycles. The van der Waals surface area contributed by atoms with Gasteiger partial charge in [-0.1, -0.05) is 32.6 Å². The van der Waals surface area contributed by atoms with Gasteiger partial charge in [0, 0.05) is 55.3 Å². The first-order valence-electron chi connectivity index (χ1n) is 12.9. The van der Waals surface area contributed by atoms with Gasteiger partial charge in [0.15, 0.2) is 0 Å². The number of nitrogens with zero attached hydrogens (tertiary/aromatic N) is 4. The number of benzene rings is 2. The first-order valence-corrected chi connectivity index (χ1v) is 12.9. The van der Waals surface area contributed by atoms with E-state index in [1.54, 1.807) is 0 Å². The molecule has 3 aliphatic rings. The summed E-state index contributed by atoms with van der Waals surface area (Å²) in [5, 5.41) is 5.79. The van der Waals surface area contributed by atoms with Gasteiger partial charge >= 0.3 is 0 Å². The average molecular weight is 469 g/mol. The molecule has 1 spiro atoms. The minimum atomic E-state index is 0.0621. The summed E-state index contributed by atoms with van der Waals surface area (Å²) in [6.07, 6.45) is 8.01. The number of hydrogen-bond acceptors (Lipinski definition) is 3. The molecule has 1 aromatic heterocycles.